The van der Waals surface area contributed by atoms with Gasteiger partial charge in [0.15, 0.2) is 5.58 Å². The molecule has 3 rings (SSSR count). The quantitative estimate of drug-likeness (QED) is 0.723. The number of likely N-dealkylation sites (tertiary alicyclic amines) is 1. The van der Waals surface area contributed by atoms with Crippen molar-refractivity contribution < 1.29 is 9.21 Å². The van der Waals surface area contributed by atoms with Gasteiger partial charge in [-0.25, -0.2) is 4.79 Å². The molecule has 1 N–H and O–H groups in total. The second-order valence-corrected chi connectivity index (χ2v) is 8.00. The Kier molecular flexibility index (Phi) is 6.72. The van der Waals surface area contributed by atoms with Crippen molar-refractivity contribution in [1.82, 2.24) is 14.8 Å². The average Bonchev–Trinajstić information content (AvgIpc) is 2.94. The largest absolute Gasteiger partial charge is 0.419 e. The van der Waals surface area contributed by atoms with Crippen LogP contribution in [0.25, 0.3) is 11.1 Å². The highest BCUT2D eigenvalue weighted by molar-refractivity contribution is 5.76. The third kappa shape index (κ3) is 5.45. The molecule has 0 spiro atoms. The predicted octanol–water partition coefficient (Wildman–Crippen LogP) is 2.86. The molecular formula is C21H31N3O3. The second kappa shape index (κ2) is 9.22. The molecule has 1 aliphatic heterocycles. The van der Waals surface area contributed by atoms with Crippen LogP contribution in [0.3, 0.4) is 0 Å². The molecule has 1 saturated heterocycles. The molecule has 0 unspecified atom stereocenters. The van der Waals surface area contributed by atoms with Crippen molar-refractivity contribution in [3.8, 4) is 0 Å². The lowest BCUT2D eigenvalue weighted by Crippen LogP contribution is -2.40. The highest BCUT2D eigenvalue weighted by Crippen LogP contribution is 2.20. The van der Waals surface area contributed by atoms with E-state index in [2.05, 4.69) is 24.1 Å². The van der Waals surface area contributed by atoms with Gasteiger partial charge in [-0.1, -0.05) is 26.0 Å². The number of fused-ring (bicyclic) bond motifs is 1. The number of aryl methyl sites for hydroxylation is 1. The van der Waals surface area contributed by atoms with Gasteiger partial charge in [0.2, 0.25) is 5.91 Å². The van der Waals surface area contributed by atoms with E-state index in [1.807, 2.05) is 18.2 Å². The van der Waals surface area contributed by atoms with E-state index in [1.165, 1.54) is 19.5 Å². The Morgan fingerprint density at radius 3 is 2.67 bits per heavy atom. The van der Waals surface area contributed by atoms with Crippen LogP contribution in [0.1, 0.15) is 39.5 Å². The summed E-state index contributed by atoms with van der Waals surface area (Å²) in [6.45, 7) is 9.24. The van der Waals surface area contributed by atoms with Gasteiger partial charge in [-0.05, 0) is 49.8 Å². The highest BCUT2D eigenvalue weighted by atomic mass is 16.4. The molecule has 2 heterocycles. The van der Waals surface area contributed by atoms with Gasteiger partial charge in [-0.15, -0.1) is 0 Å². The van der Waals surface area contributed by atoms with Crippen LogP contribution in [-0.4, -0.2) is 41.6 Å². The van der Waals surface area contributed by atoms with Crippen LogP contribution in [0.4, 0.5) is 0 Å². The third-order valence-electron chi connectivity index (χ3n) is 5.28. The van der Waals surface area contributed by atoms with Crippen molar-refractivity contribution in [2.24, 2.45) is 11.8 Å². The molecule has 2 aromatic rings. The zero-order valence-corrected chi connectivity index (χ0v) is 16.4. The standard InChI is InChI=1S/C21H31N3O3/c1-16-13-17(2)15-23(14-16)11-6-10-22-20(25)9-5-12-24-18-7-3-4-8-19(18)27-21(24)26/h3-4,7-8,16-17H,5-6,9-15H2,1-2H3,(H,22,25)/t16-,17-/m1/s1. The van der Waals surface area contributed by atoms with E-state index in [1.54, 1.807) is 10.6 Å². The maximum absolute atomic E-state index is 12.0. The first kappa shape index (κ1) is 19.7. The minimum absolute atomic E-state index is 0.0521. The van der Waals surface area contributed by atoms with Gasteiger partial charge < -0.3 is 14.6 Å². The first-order valence-corrected chi connectivity index (χ1v) is 10.1. The van der Waals surface area contributed by atoms with E-state index in [-0.39, 0.29) is 11.7 Å². The number of oxazole rings is 1. The van der Waals surface area contributed by atoms with Crippen LogP contribution >= 0.6 is 0 Å². The normalized spacial score (nSPS) is 20.8. The molecule has 1 aliphatic rings. The maximum Gasteiger partial charge on any atom is 0.419 e. The number of para-hydroxylation sites is 2. The van der Waals surface area contributed by atoms with E-state index in [0.29, 0.717) is 31.5 Å². The number of nitrogens with zero attached hydrogens (tertiary/aromatic N) is 2. The lowest BCUT2D eigenvalue weighted by molar-refractivity contribution is -0.121. The Labute approximate surface area is 160 Å². The molecular weight excluding hydrogens is 342 g/mol. The van der Waals surface area contributed by atoms with Crippen molar-refractivity contribution >= 4 is 17.0 Å². The fourth-order valence-corrected chi connectivity index (χ4v) is 4.22. The third-order valence-corrected chi connectivity index (χ3v) is 5.28. The number of hydrogen-bond donors (Lipinski definition) is 1. The molecule has 0 radical (unpaired) electrons. The Bertz CT molecular complexity index is 800. The van der Waals surface area contributed by atoms with Gasteiger partial charge in [-0.3, -0.25) is 9.36 Å². The summed E-state index contributed by atoms with van der Waals surface area (Å²) in [6, 6.07) is 7.37. The van der Waals surface area contributed by atoms with Crippen LogP contribution < -0.4 is 11.1 Å². The second-order valence-electron chi connectivity index (χ2n) is 8.00. The van der Waals surface area contributed by atoms with Gasteiger partial charge in [-0.2, -0.15) is 0 Å². The van der Waals surface area contributed by atoms with E-state index >= 15 is 0 Å². The molecule has 6 heteroatoms. The molecule has 27 heavy (non-hydrogen) atoms. The summed E-state index contributed by atoms with van der Waals surface area (Å²) >= 11 is 0. The molecule has 6 nitrogen and oxygen atoms in total. The molecule has 1 aromatic carbocycles. The summed E-state index contributed by atoms with van der Waals surface area (Å²) in [5.41, 5.74) is 1.38. The number of amides is 1. The van der Waals surface area contributed by atoms with Crippen LogP contribution in [0.2, 0.25) is 0 Å². The van der Waals surface area contributed by atoms with Crippen molar-refractivity contribution in [1.29, 1.82) is 0 Å². The van der Waals surface area contributed by atoms with Gasteiger partial charge >= 0.3 is 5.76 Å². The number of carbonyl (C=O) groups excluding carboxylic acids is 1. The summed E-state index contributed by atoms with van der Waals surface area (Å²) in [5.74, 6) is 1.23. The lowest BCUT2D eigenvalue weighted by atomic mass is 9.92. The van der Waals surface area contributed by atoms with Crippen LogP contribution in [0.5, 0.6) is 0 Å². The topological polar surface area (TPSA) is 67.5 Å². The predicted molar refractivity (Wildman–Crippen MR) is 107 cm³/mol. The number of hydrogen-bond acceptors (Lipinski definition) is 4. The smallest absolute Gasteiger partial charge is 0.408 e. The van der Waals surface area contributed by atoms with Crippen molar-refractivity contribution in [3.63, 3.8) is 0 Å². The van der Waals surface area contributed by atoms with Gasteiger partial charge in [0.05, 0.1) is 5.52 Å². The van der Waals surface area contributed by atoms with E-state index in [9.17, 15) is 9.59 Å². The number of carbonyl (C=O) groups is 1. The molecule has 0 aliphatic carbocycles. The number of piperidine rings is 1. The Morgan fingerprint density at radius 2 is 1.89 bits per heavy atom. The fourth-order valence-electron chi connectivity index (χ4n) is 4.22. The van der Waals surface area contributed by atoms with Crippen LogP contribution in [-0.2, 0) is 11.3 Å². The number of aromatic nitrogens is 1. The SMILES string of the molecule is C[C@@H]1C[C@@H](C)CN(CCCNC(=O)CCCn2c(=O)oc3ccccc32)C1. The lowest BCUT2D eigenvalue weighted by Gasteiger charge is -2.34. The Balaban J connectivity index is 1.34. The fraction of sp³-hybridized carbons (Fsp3) is 0.619. The summed E-state index contributed by atoms with van der Waals surface area (Å²) < 4.78 is 6.81. The van der Waals surface area contributed by atoms with Gasteiger partial charge in [0.25, 0.3) is 0 Å². The van der Waals surface area contributed by atoms with Gasteiger partial charge in [0.1, 0.15) is 0 Å². The first-order valence-electron chi connectivity index (χ1n) is 10.1. The van der Waals surface area contributed by atoms with Crippen LogP contribution in [0.15, 0.2) is 33.5 Å². The van der Waals surface area contributed by atoms with Crippen molar-refractivity contribution in [2.45, 2.75) is 46.1 Å². The summed E-state index contributed by atoms with van der Waals surface area (Å²) in [7, 11) is 0. The number of benzene rings is 1. The zero-order valence-electron chi connectivity index (χ0n) is 16.4. The maximum atomic E-state index is 12.0. The molecule has 2 atom stereocenters. The summed E-state index contributed by atoms with van der Waals surface area (Å²) in [4.78, 5) is 26.5. The van der Waals surface area contributed by atoms with Crippen molar-refractivity contribution in [3.05, 3.63) is 34.8 Å². The van der Waals surface area contributed by atoms with Gasteiger partial charge in [0, 0.05) is 32.6 Å². The average molecular weight is 373 g/mol. The first-order chi connectivity index (χ1) is 13.0. The van der Waals surface area contributed by atoms with Crippen molar-refractivity contribution in [2.75, 3.05) is 26.2 Å². The molecule has 1 aromatic heterocycles. The minimum atomic E-state index is -0.360. The summed E-state index contributed by atoms with van der Waals surface area (Å²) in [6.07, 6.45) is 3.35. The van der Waals surface area contributed by atoms with E-state index in [4.69, 9.17) is 4.42 Å². The summed E-state index contributed by atoms with van der Waals surface area (Å²) in [5, 5.41) is 3.00. The molecule has 1 amide bonds. The van der Waals surface area contributed by atoms with Crippen LogP contribution in [0, 0.1) is 11.8 Å². The monoisotopic (exact) mass is 373 g/mol. The van der Waals surface area contributed by atoms with E-state index in [0.717, 1.165) is 30.3 Å². The van der Waals surface area contributed by atoms with E-state index < -0.39 is 0 Å². The highest BCUT2D eigenvalue weighted by Gasteiger charge is 2.21. The molecule has 148 valence electrons. The molecule has 0 saturated carbocycles. The number of nitrogens with one attached hydrogen (secondary N) is 1. The number of rotatable bonds is 8. The molecule has 0 bridgehead atoms. The zero-order chi connectivity index (χ0) is 19.2. The minimum Gasteiger partial charge on any atom is -0.408 e. The Morgan fingerprint density at radius 1 is 1.15 bits per heavy atom. The Hall–Kier alpha value is -2.08. The molecule has 1 fully saturated rings.